The van der Waals surface area contributed by atoms with Crippen molar-refractivity contribution in [1.29, 1.82) is 0 Å². The lowest BCUT2D eigenvalue weighted by atomic mass is 9.91. The molecule has 0 saturated carbocycles. The molecule has 102 valence electrons. The predicted octanol–water partition coefficient (Wildman–Crippen LogP) is 2.82. The Labute approximate surface area is 122 Å². The second kappa shape index (κ2) is 6.68. The molecule has 0 spiro atoms. The van der Waals surface area contributed by atoms with Gasteiger partial charge in [0, 0.05) is 17.6 Å². The second-order valence-corrected chi connectivity index (χ2v) is 5.41. The molecule has 1 amide bonds. The number of nitrogens with zero attached hydrogens (tertiary/aromatic N) is 1. The maximum absolute atomic E-state index is 12.5. The van der Waals surface area contributed by atoms with Crippen LogP contribution in [0.25, 0.3) is 0 Å². The maximum atomic E-state index is 12.5. The first-order valence-electron chi connectivity index (χ1n) is 5.99. The summed E-state index contributed by atoms with van der Waals surface area (Å²) in [6.45, 7) is 9.94. The molecule has 2 N–H and O–H groups in total. The van der Waals surface area contributed by atoms with Crippen LogP contribution in [0.3, 0.4) is 0 Å². The highest BCUT2D eigenvalue weighted by Crippen LogP contribution is 2.22. The molecule has 0 aliphatic heterocycles. The molecule has 1 aromatic carbocycles. The molecule has 1 unspecified atom stereocenters. The van der Waals surface area contributed by atoms with Crippen molar-refractivity contribution < 1.29 is 4.79 Å². The number of carbonyl (C=O) groups excluding carboxylic acids is 1. The molecular formula is C15H19BrN2O. The fourth-order valence-corrected chi connectivity index (χ4v) is 2.06. The first kappa shape index (κ1) is 15.7. The zero-order valence-corrected chi connectivity index (χ0v) is 12.7. The predicted molar refractivity (Wildman–Crippen MR) is 82.7 cm³/mol. The Morgan fingerprint density at radius 1 is 1.32 bits per heavy atom. The largest absolute Gasteiger partial charge is 0.333 e. The first-order valence-corrected chi connectivity index (χ1v) is 6.79. The van der Waals surface area contributed by atoms with Gasteiger partial charge in [-0.05, 0) is 24.6 Å². The third kappa shape index (κ3) is 3.78. The molecule has 1 aromatic rings. The van der Waals surface area contributed by atoms with E-state index in [-0.39, 0.29) is 5.91 Å². The lowest BCUT2D eigenvalue weighted by Crippen LogP contribution is -2.51. The Kier molecular flexibility index (Phi) is 5.51. The summed E-state index contributed by atoms with van der Waals surface area (Å²) in [6.07, 6.45) is 3.36. The van der Waals surface area contributed by atoms with Gasteiger partial charge in [0.05, 0.1) is 0 Å². The van der Waals surface area contributed by atoms with Crippen molar-refractivity contribution in [2.45, 2.75) is 12.5 Å². The number of rotatable bonds is 6. The lowest BCUT2D eigenvalue weighted by Gasteiger charge is -2.31. The van der Waals surface area contributed by atoms with Crippen molar-refractivity contribution in [2.75, 3.05) is 13.1 Å². The molecule has 1 atom stereocenters. The summed E-state index contributed by atoms with van der Waals surface area (Å²) in [7, 11) is 0. The van der Waals surface area contributed by atoms with Gasteiger partial charge in [-0.3, -0.25) is 4.79 Å². The molecular weight excluding hydrogens is 304 g/mol. The minimum atomic E-state index is -1.06. The molecule has 3 nitrogen and oxygen atoms in total. The SMILES string of the molecule is C=CCN(CC=C)C(=O)C(C)(N)c1ccc(Br)cc1. The monoisotopic (exact) mass is 322 g/mol. The van der Waals surface area contributed by atoms with Gasteiger partial charge in [0.2, 0.25) is 5.91 Å². The highest BCUT2D eigenvalue weighted by Gasteiger charge is 2.33. The highest BCUT2D eigenvalue weighted by molar-refractivity contribution is 9.10. The molecule has 19 heavy (non-hydrogen) atoms. The van der Waals surface area contributed by atoms with Gasteiger partial charge < -0.3 is 10.6 Å². The molecule has 0 aliphatic carbocycles. The molecule has 4 heteroatoms. The summed E-state index contributed by atoms with van der Waals surface area (Å²) < 4.78 is 0.952. The molecule has 0 aromatic heterocycles. The maximum Gasteiger partial charge on any atom is 0.247 e. The van der Waals surface area contributed by atoms with Crippen LogP contribution >= 0.6 is 15.9 Å². The highest BCUT2D eigenvalue weighted by atomic mass is 79.9. The van der Waals surface area contributed by atoms with E-state index in [1.54, 1.807) is 24.0 Å². The average Bonchev–Trinajstić information content (AvgIpc) is 2.38. The number of hydrogen-bond donors (Lipinski definition) is 1. The number of hydrogen-bond acceptors (Lipinski definition) is 2. The van der Waals surface area contributed by atoms with Crippen molar-refractivity contribution in [3.05, 3.63) is 59.6 Å². The van der Waals surface area contributed by atoms with Gasteiger partial charge in [0.25, 0.3) is 0 Å². The number of halogens is 1. The van der Waals surface area contributed by atoms with Crippen LogP contribution in [0, 0.1) is 0 Å². The Balaban J connectivity index is 3.02. The number of amides is 1. The fourth-order valence-electron chi connectivity index (χ4n) is 1.80. The minimum absolute atomic E-state index is 0.144. The van der Waals surface area contributed by atoms with Gasteiger partial charge in [-0.2, -0.15) is 0 Å². The summed E-state index contributed by atoms with van der Waals surface area (Å²) in [5.74, 6) is -0.144. The third-order valence-corrected chi connectivity index (χ3v) is 3.40. The molecule has 0 saturated heterocycles. The van der Waals surface area contributed by atoms with E-state index in [0.29, 0.717) is 13.1 Å². The summed E-state index contributed by atoms with van der Waals surface area (Å²) in [5.41, 5.74) is 5.93. The Morgan fingerprint density at radius 2 is 1.79 bits per heavy atom. The summed E-state index contributed by atoms with van der Waals surface area (Å²) in [6, 6.07) is 7.45. The molecule has 0 aliphatic rings. The summed E-state index contributed by atoms with van der Waals surface area (Å²) in [5, 5.41) is 0. The van der Waals surface area contributed by atoms with Crippen LogP contribution in [0.1, 0.15) is 12.5 Å². The topological polar surface area (TPSA) is 46.3 Å². The van der Waals surface area contributed by atoms with E-state index in [9.17, 15) is 4.79 Å². The van der Waals surface area contributed by atoms with E-state index >= 15 is 0 Å². The Hall–Kier alpha value is -1.39. The van der Waals surface area contributed by atoms with Gasteiger partial charge in [-0.15, -0.1) is 13.2 Å². The number of nitrogens with two attached hydrogens (primary N) is 1. The van der Waals surface area contributed by atoms with Crippen molar-refractivity contribution in [3.63, 3.8) is 0 Å². The second-order valence-electron chi connectivity index (χ2n) is 4.50. The van der Waals surface area contributed by atoms with Crippen LogP contribution in [-0.4, -0.2) is 23.9 Å². The van der Waals surface area contributed by atoms with Crippen LogP contribution < -0.4 is 5.73 Å². The Bertz CT molecular complexity index is 456. The van der Waals surface area contributed by atoms with Crippen molar-refractivity contribution in [3.8, 4) is 0 Å². The molecule has 0 fully saturated rings. The standard InChI is InChI=1S/C15H19BrN2O/c1-4-10-18(11-5-2)14(19)15(3,17)12-6-8-13(16)9-7-12/h4-9H,1-2,10-11,17H2,3H3. The van der Waals surface area contributed by atoms with Crippen molar-refractivity contribution >= 4 is 21.8 Å². The van der Waals surface area contributed by atoms with Gasteiger partial charge in [0.15, 0.2) is 0 Å². The van der Waals surface area contributed by atoms with Gasteiger partial charge in [-0.25, -0.2) is 0 Å². The average molecular weight is 323 g/mol. The van der Waals surface area contributed by atoms with E-state index < -0.39 is 5.54 Å². The minimum Gasteiger partial charge on any atom is -0.333 e. The smallest absolute Gasteiger partial charge is 0.247 e. The molecule has 0 heterocycles. The molecule has 0 bridgehead atoms. The quantitative estimate of drug-likeness (QED) is 0.818. The number of carbonyl (C=O) groups is 1. The van der Waals surface area contributed by atoms with Crippen LogP contribution in [0.5, 0.6) is 0 Å². The van der Waals surface area contributed by atoms with Crippen LogP contribution in [0.2, 0.25) is 0 Å². The van der Waals surface area contributed by atoms with E-state index in [0.717, 1.165) is 10.0 Å². The normalized spacial score (nSPS) is 13.4. The fraction of sp³-hybridized carbons (Fsp3) is 0.267. The van der Waals surface area contributed by atoms with Gasteiger partial charge >= 0.3 is 0 Å². The first-order chi connectivity index (χ1) is 8.93. The van der Waals surface area contributed by atoms with E-state index in [1.165, 1.54) is 0 Å². The number of benzene rings is 1. The Morgan fingerprint density at radius 3 is 2.21 bits per heavy atom. The molecule has 1 rings (SSSR count). The van der Waals surface area contributed by atoms with Crippen molar-refractivity contribution in [2.24, 2.45) is 5.73 Å². The zero-order valence-electron chi connectivity index (χ0n) is 11.1. The van der Waals surface area contributed by atoms with E-state index in [4.69, 9.17) is 5.73 Å². The van der Waals surface area contributed by atoms with Gasteiger partial charge in [-0.1, -0.05) is 40.2 Å². The van der Waals surface area contributed by atoms with Crippen LogP contribution in [0.4, 0.5) is 0 Å². The third-order valence-electron chi connectivity index (χ3n) is 2.87. The van der Waals surface area contributed by atoms with Crippen molar-refractivity contribution in [1.82, 2.24) is 4.90 Å². The summed E-state index contributed by atoms with van der Waals surface area (Å²) in [4.78, 5) is 14.2. The van der Waals surface area contributed by atoms with Crippen LogP contribution in [-0.2, 0) is 10.3 Å². The zero-order chi connectivity index (χ0) is 14.5. The van der Waals surface area contributed by atoms with E-state index in [2.05, 4.69) is 29.1 Å². The van der Waals surface area contributed by atoms with Gasteiger partial charge in [0.1, 0.15) is 5.54 Å². The lowest BCUT2D eigenvalue weighted by molar-refractivity contribution is -0.135. The van der Waals surface area contributed by atoms with E-state index in [1.807, 2.05) is 24.3 Å². The molecule has 0 radical (unpaired) electrons. The summed E-state index contributed by atoms with van der Waals surface area (Å²) >= 11 is 3.37. The van der Waals surface area contributed by atoms with Crippen LogP contribution in [0.15, 0.2) is 54.0 Å².